The Hall–Kier alpha value is -2.51. The molecule has 0 aromatic heterocycles. The molecule has 0 spiro atoms. The van der Waals surface area contributed by atoms with Crippen LogP contribution in [0.1, 0.15) is 5.56 Å². The van der Waals surface area contributed by atoms with Crippen LogP contribution in [0.25, 0.3) is 0 Å². The van der Waals surface area contributed by atoms with Crippen molar-refractivity contribution >= 4 is 11.6 Å². The number of likely N-dealkylation sites (tertiary alicyclic amines) is 1. The Balaban J connectivity index is 1.56. The molecule has 128 valence electrons. The molecule has 1 fully saturated rings. The Morgan fingerprint density at radius 2 is 1.75 bits per heavy atom. The molecule has 3 rings (SSSR count). The molecule has 2 aliphatic heterocycles. The second kappa shape index (κ2) is 5.85. The van der Waals surface area contributed by atoms with Crippen molar-refractivity contribution in [2.45, 2.75) is 12.2 Å². The van der Waals surface area contributed by atoms with E-state index in [-0.39, 0.29) is 6.04 Å². The summed E-state index contributed by atoms with van der Waals surface area (Å²) in [5.74, 6) is -1.68. The highest BCUT2D eigenvalue weighted by atomic mass is 19.4. The van der Waals surface area contributed by atoms with E-state index < -0.39 is 23.5 Å². The lowest BCUT2D eigenvalue weighted by atomic mass is 10.1. The fraction of sp³-hybridized carbons (Fsp3) is 0.312. The van der Waals surface area contributed by atoms with Crippen molar-refractivity contribution in [2.75, 3.05) is 24.7 Å². The smallest absolute Gasteiger partial charge is 0.352 e. The molecule has 1 saturated heterocycles. The standard InChI is InChI=1S/C16H15F4N3O/c1-11(17)15(24)23-8-14(9-23)22-7-6-21(10-22)13-4-2-12(3-5-13)16(18,19)20/h2-7,14H,1,8-10H2. The van der Waals surface area contributed by atoms with Gasteiger partial charge >= 0.3 is 6.18 Å². The molecule has 2 heterocycles. The van der Waals surface area contributed by atoms with E-state index in [1.54, 1.807) is 11.1 Å². The van der Waals surface area contributed by atoms with Crippen molar-refractivity contribution in [2.24, 2.45) is 0 Å². The van der Waals surface area contributed by atoms with E-state index in [2.05, 4.69) is 6.58 Å². The van der Waals surface area contributed by atoms with Gasteiger partial charge in [-0.15, -0.1) is 0 Å². The Labute approximate surface area is 136 Å². The maximum Gasteiger partial charge on any atom is 0.416 e. The van der Waals surface area contributed by atoms with Gasteiger partial charge in [0.05, 0.1) is 18.3 Å². The Bertz CT molecular complexity index is 678. The van der Waals surface area contributed by atoms with Crippen LogP contribution in [0.3, 0.4) is 0 Å². The molecule has 0 N–H and O–H groups in total. The number of benzene rings is 1. The lowest BCUT2D eigenvalue weighted by molar-refractivity contribution is -0.137. The number of carbonyl (C=O) groups is 1. The average Bonchev–Trinajstić information content (AvgIpc) is 2.94. The second-order valence-corrected chi connectivity index (χ2v) is 5.74. The van der Waals surface area contributed by atoms with Gasteiger partial charge in [0.15, 0.2) is 5.83 Å². The average molecular weight is 341 g/mol. The molecule has 0 unspecified atom stereocenters. The largest absolute Gasteiger partial charge is 0.416 e. The lowest BCUT2D eigenvalue weighted by Gasteiger charge is -2.43. The molecular formula is C16H15F4N3O. The quantitative estimate of drug-likeness (QED) is 0.625. The zero-order valence-corrected chi connectivity index (χ0v) is 12.6. The third-order valence-corrected chi connectivity index (χ3v) is 4.13. The summed E-state index contributed by atoms with van der Waals surface area (Å²) in [6, 6.07) is 4.98. The van der Waals surface area contributed by atoms with E-state index in [1.807, 2.05) is 11.1 Å². The van der Waals surface area contributed by atoms with E-state index >= 15 is 0 Å². The Morgan fingerprint density at radius 1 is 1.12 bits per heavy atom. The van der Waals surface area contributed by atoms with Crippen molar-refractivity contribution < 1.29 is 22.4 Å². The highest BCUT2D eigenvalue weighted by molar-refractivity contribution is 5.91. The molecule has 0 radical (unpaired) electrons. The first-order chi connectivity index (χ1) is 11.3. The molecule has 0 atom stereocenters. The fourth-order valence-corrected chi connectivity index (χ4v) is 2.69. The van der Waals surface area contributed by atoms with Crippen LogP contribution in [0, 0.1) is 0 Å². The van der Waals surface area contributed by atoms with Gasteiger partial charge in [0.2, 0.25) is 0 Å². The Morgan fingerprint density at radius 3 is 2.29 bits per heavy atom. The maximum absolute atomic E-state index is 12.8. The number of halogens is 4. The van der Waals surface area contributed by atoms with Crippen molar-refractivity contribution in [3.63, 3.8) is 0 Å². The number of hydrogen-bond acceptors (Lipinski definition) is 3. The number of amides is 1. The predicted molar refractivity (Wildman–Crippen MR) is 80.4 cm³/mol. The normalized spacial score (nSPS) is 18.1. The summed E-state index contributed by atoms with van der Waals surface area (Å²) in [7, 11) is 0. The molecule has 1 aromatic rings. The van der Waals surface area contributed by atoms with Gasteiger partial charge in [0.25, 0.3) is 5.91 Å². The second-order valence-electron chi connectivity index (χ2n) is 5.74. The minimum Gasteiger partial charge on any atom is -0.352 e. The summed E-state index contributed by atoms with van der Waals surface area (Å²) in [6.07, 6.45) is -0.774. The number of alkyl halides is 3. The highest BCUT2D eigenvalue weighted by Gasteiger charge is 2.36. The molecule has 24 heavy (non-hydrogen) atoms. The topological polar surface area (TPSA) is 26.8 Å². The third-order valence-electron chi connectivity index (χ3n) is 4.13. The van der Waals surface area contributed by atoms with Gasteiger partial charge in [-0.05, 0) is 24.3 Å². The number of anilines is 1. The van der Waals surface area contributed by atoms with E-state index in [9.17, 15) is 22.4 Å². The summed E-state index contributed by atoms with van der Waals surface area (Å²) in [5, 5.41) is 0. The first-order valence-corrected chi connectivity index (χ1v) is 7.27. The van der Waals surface area contributed by atoms with Gasteiger partial charge < -0.3 is 14.7 Å². The van der Waals surface area contributed by atoms with Gasteiger partial charge in [-0.25, -0.2) is 4.39 Å². The monoisotopic (exact) mass is 341 g/mol. The SMILES string of the molecule is C=C(F)C(=O)N1CC(N2C=CN(c3ccc(C(F)(F)F)cc3)C2)C1. The molecule has 2 aliphatic rings. The van der Waals surface area contributed by atoms with Crippen LogP contribution >= 0.6 is 0 Å². The van der Waals surface area contributed by atoms with Gasteiger partial charge in [0.1, 0.15) is 0 Å². The summed E-state index contributed by atoms with van der Waals surface area (Å²) in [5.41, 5.74) is -0.0444. The van der Waals surface area contributed by atoms with E-state index in [0.29, 0.717) is 25.4 Å². The molecule has 1 aromatic carbocycles. The maximum atomic E-state index is 12.8. The summed E-state index contributed by atoms with van der Waals surface area (Å²) < 4.78 is 50.5. The van der Waals surface area contributed by atoms with Crippen molar-refractivity contribution in [1.82, 2.24) is 9.80 Å². The molecular weight excluding hydrogens is 326 g/mol. The molecule has 0 bridgehead atoms. The van der Waals surface area contributed by atoms with Crippen LogP contribution in [0.5, 0.6) is 0 Å². The van der Waals surface area contributed by atoms with Crippen LogP contribution in [0.4, 0.5) is 23.2 Å². The van der Waals surface area contributed by atoms with Gasteiger partial charge in [-0.3, -0.25) is 4.79 Å². The van der Waals surface area contributed by atoms with Crippen LogP contribution in [0.2, 0.25) is 0 Å². The number of carbonyl (C=O) groups excluding carboxylic acids is 1. The van der Waals surface area contributed by atoms with Crippen molar-refractivity contribution in [3.05, 3.63) is 54.6 Å². The van der Waals surface area contributed by atoms with Gasteiger partial charge in [-0.2, -0.15) is 13.2 Å². The van der Waals surface area contributed by atoms with E-state index in [4.69, 9.17) is 0 Å². The van der Waals surface area contributed by atoms with Gasteiger partial charge in [0, 0.05) is 31.2 Å². The summed E-state index contributed by atoms with van der Waals surface area (Å²) >= 11 is 0. The third kappa shape index (κ3) is 3.08. The number of rotatable bonds is 3. The first kappa shape index (κ1) is 16.4. The van der Waals surface area contributed by atoms with Gasteiger partial charge in [-0.1, -0.05) is 6.58 Å². The van der Waals surface area contributed by atoms with E-state index in [1.165, 1.54) is 17.0 Å². The number of hydrogen-bond donors (Lipinski definition) is 0. The minimum atomic E-state index is -4.35. The zero-order valence-electron chi connectivity index (χ0n) is 12.6. The zero-order chi connectivity index (χ0) is 17.5. The van der Waals surface area contributed by atoms with Crippen molar-refractivity contribution in [1.29, 1.82) is 0 Å². The van der Waals surface area contributed by atoms with E-state index in [0.717, 1.165) is 12.1 Å². The van der Waals surface area contributed by atoms with Crippen LogP contribution < -0.4 is 4.90 Å². The molecule has 0 saturated carbocycles. The first-order valence-electron chi connectivity index (χ1n) is 7.27. The number of nitrogens with zero attached hydrogens (tertiary/aromatic N) is 3. The highest BCUT2D eigenvalue weighted by Crippen LogP contribution is 2.31. The Kier molecular flexibility index (Phi) is 3.98. The van der Waals surface area contributed by atoms with Crippen molar-refractivity contribution in [3.8, 4) is 0 Å². The van der Waals surface area contributed by atoms with Crippen LogP contribution in [0.15, 0.2) is 49.1 Å². The molecule has 1 amide bonds. The van der Waals surface area contributed by atoms with Crippen LogP contribution in [-0.4, -0.2) is 41.5 Å². The summed E-state index contributed by atoms with van der Waals surface area (Å²) in [4.78, 5) is 16.5. The fourth-order valence-electron chi connectivity index (χ4n) is 2.69. The molecule has 8 heteroatoms. The predicted octanol–water partition coefficient (Wildman–Crippen LogP) is 2.95. The minimum absolute atomic E-state index is 0.0593. The summed E-state index contributed by atoms with van der Waals surface area (Å²) in [6.45, 7) is 4.24. The molecule has 0 aliphatic carbocycles. The lowest BCUT2D eigenvalue weighted by Crippen LogP contribution is -2.60. The van der Waals surface area contributed by atoms with Crippen LogP contribution in [-0.2, 0) is 11.0 Å². The molecule has 4 nitrogen and oxygen atoms in total.